The lowest BCUT2D eigenvalue weighted by molar-refractivity contribution is -0.141. The van der Waals surface area contributed by atoms with Gasteiger partial charge >= 0.3 is 6.18 Å². The van der Waals surface area contributed by atoms with Gasteiger partial charge in [-0.05, 0) is 19.3 Å². The molecule has 0 bridgehead atoms. The Balaban J connectivity index is 2.29. The molecule has 0 radical (unpaired) electrons. The number of ether oxygens (including phenoxy) is 1. The third-order valence-corrected chi connectivity index (χ3v) is 3.36. The fourth-order valence-electron chi connectivity index (χ4n) is 2.34. The Kier molecular flexibility index (Phi) is 5.92. The van der Waals surface area contributed by atoms with Crippen molar-refractivity contribution in [3.05, 3.63) is 0 Å². The van der Waals surface area contributed by atoms with E-state index in [1.54, 1.807) is 0 Å². The fraction of sp³-hybridized carbons (Fsp3) is 1.00. The second-order valence-corrected chi connectivity index (χ2v) is 5.49. The van der Waals surface area contributed by atoms with Crippen LogP contribution >= 0.6 is 0 Å². The van der Waals surface area contributed by atoms with Gasteiger partial charge in [0.2, 0.25) is 0 Å². The van der Waals surface area contributed by atoms with Crippen LogP contribution in [0.2, 0.25) is 0 Å². The summed E-state index contributed by atoms with van der Waals surface area (Å²) in [5.74, 6) is 0. The highest BCUT2D eigenvalue weighted by Crippen LogP contribution is 2.33. The number of rotatable bonds is 7. The van der Waals surface area contributed by atoms with Crippen molar-refractivity contribution < 1.29 is 17.9 Å². The molecule has 108 valence electrons. The summed E-state index contributed by atoms with van der Waals surface area (Å²) in [5, 5.41) is 3.34. The largest absolute Gasteiger partial charge is 0.389 e. The molecule has 1 aliphatic rings. The van der Waals surface area contributed by atoms with Crippen LogP contribution in [-0.4, -0.2) is 31.0 Å². The maximum absolute atomic E-state index is 12.0. The van der Waals surface area contributed by atoms with Crippen molar-refractivity contribution in [1.82, 2.24) is 5.32 Å². The van der Waals surface area contributed by atoms with Crippen LogP contribution in [0.5, 0.6) is 0 Å². The van der Waals surface area contributed by atoms with E-state index < -0.39 is 12.6 Å². The van der Waals surface area contributed by atoms with Crippen molar-refractivity contribution in [2.45, 2.75) is 70.2 Å². The average Bonchev–Trinajstić information content (AvgIpc) is 2.70. The molecule has 0 amide bonds. The fourth-order valence-corrected chi connectivity index (χ4v) is 2.34. The summed E-state index contributed by atoms with van der Waals surface area (Å²) in [6.07, 6.45) is -0.619. The van der Waals surface area contributed by atoms with Crippen LogP contribution in [0.4, 0.5) is 13.2 Å². The van der Waals surface area contributed by atoms with Gasteiger partial charge in [0.05, 0.1) is 5.60 Å². The third-order valence-electron chi connectivity index (χ3n) is 3.36. The Labute approximate surface area is 107 Å². The van der Waals surface area contributed by atoms with Gasteiger partial charge in [0.15, 0.2) is 0 Å². The predicted molar refractivity (Wildman–Crippen MR) is 65.6 cm³/mol. The first-order chi connectivity index (χ1) is 8.33. The minimum Gasteiger partial charge on any atom is -0.374 e. The Bertz CT molecular complexity index is 235. The normalized spacial score (nSPS) is 19.7. The van der Waals surface area contributed by atoms with E-state index in [1.165, 1.54) is 0 Å². The Morgan fingerprint density at radius 1 is 1.22 bits per heavy atom. The lowest BCUT2D eigenvalue weighted by atomic mass is 10.0. The minimum absolute atomic E-state index is 0.0624. The highest BCUT2D eigenvalue weighted by Gasteiger charge is 2.35. The molecule has 0 heterocycles. The molecule has 1 N–H and O–H groups in total. The smallest absolute Gasteiger partial charge is 0.374 e. The van der Waals surface area contributed by atoms with Crippen LogP contribution in [0, 0.1) is 0 Å². The predicted octanol–water partition coefficient (Wildman–Crippen LogP) is 3.66. The summed E-state index contributed by atoms with van der Waals surface area (Å²) in [6.45, 7) is 5.08. The first-order valence-corrected chi connectivity index (χ1v) is 6.77. The molecule has 0 aromatic rings. The molecule has 0 atom stereocenters. The van der Waals surface area contributed by atoms with Crippen LogP contribution in [0.3, 0.4) is 0 Å². The molecule has 18 heavy (non-hydrogen) atoms. The second-order valence-electron chi connectivity index (χ2n) is 5.49. The van der Waals surface area contributed by atoms with Crippen molar-refractivity contribution in [2.75, 3.05) is 13.2 Å². The minimum atomic E-state index is -4.07. The zero-order valence-corrected chi connectivity index (χ0v) is 11.3. The molecular weight excluding hydrogens is 243 g/mol. The van der Waals surface area contributed by atoms with Gasteiger partial charge in [0, 0.05) is 25.6 Å². The summed E-state index contributed by atoms with van der Waals surface area (Å²) in [5.41, 5.74) is -0.226. The molecule has 2 nitrogen and oxygen atoms in total. The second kappa shape index (κ2) is 6.75. The third kappa shape index (κ3) is 6.05. The van der Waals surface area contributed by atoms with E-state index >= 15 is 0 Å². The number of alkyl halides is 3. The molecule has 1 saturated carbocycles. The van der Waals surface area contributed by atoms with E-state index in [-0.39, 0.29) is 18.6 Å². The van der Waals surface area contributed by atoms with Gasteiger partial charge in [-0.1, -0.05) is 26.7 Å². The zero-order valence-electron chi connectivity index (χ0n) is 11.3. The average molecular weight is 267 g/mol. The topological polar surface area (TPSA) is 21.3 Å². The first-order valence-electron chi connectivity index (χ1n) is 6.77. The molecule has 0 aliphatic heterocycles. The molecule has 0 aromatic carbocycles. The van der Waals surface area contributed by atoms with Crippen molar-refractivity contribution in [1.29, 1.82) is 0 Å². The molecule has 0 saturated heterocycles. The van der Waals surface area contributed by atoms with Gasteiger partial charge in [0.25, 0.3) is 0 Å². The lowest BCUT2D eigenvalue weighted by Crippen LogP contribution is -2.43. The summed E-state index contributed by atoms with van der Waals surface area (Å²) in [4.78, 5) is 0. The van der Waals surface area contributed by atoms with Gasteiger partial charge in [-0.3, -0.25) is 0 Å². The molecule has 1 fully saturated rings. The zero-order chi connectivity index (χ0) is 13.6. The van der Waals surface area contributed by atoms with Gasteiger partial charge < -0.3 is 10.1 Å². The van der Waals surface area contributed by atoms with E-state index in [4.69, 9.17) is 4.74 Å². The van der Waals surface area contributed by atoms with Gasteiger partial charge in [-0.15, -0.1) is 0 Å². The molecule has 5 heteroatoms. The maximum Gasteiger partial charge on any atom is 0.389 e. The SMILES string of the molecule is CC(C)NCC1(OCCCC(F)(F)F)CCCC1. The summed E-state index contributed by atoms with van der Waals surface area (Å²) >= 11 is 0. The van der Waals surface area contributed by atoms with E-state index in [9.17, 15) is 13.2 Å². The lowest BCUT2D eigenvalue weighted by Gasteiger charge is -2.31. The number of halogens is 3. The molecule has 1 rings (SSSR count). The molecule has 0 aromatic heterocycles. The summed E-state index contributed by atoms with van der Waals surface area (Å²) in [7, 11) is 0. The number of hydrogen-bond acceptors (Lipinski definition) is 2. The van der Waals surface area contributed by atoms with Crippen molar-refractivity contribution >= 4 is 0 Å². The highest BCUT2D eigenvalue weighted by atomic mass is 19.4. The van der Waals surface area contributed by atoms with E-state index in [2.05, 4.69) is 19.2 Å². The Morgan fingerprint density at radius 3 is 2.33 bits per heavy atom. The standard InChI is InChI=1S/C13H24F3NO/c1-11(2)17-10-12(6-3-4-7-12)18-9-5-8-13(14,15)16/h11,17H,3-10H2,1-2H3. The highest BCUT2D eigenvalue weighted by molar-refractivity contribution is 4.89. The Hall–Kier alpha value is -0.290. The van der Waals surface area contributed by atoms with Crippen LogP contribution in [0.1, 0.15) is 52.4 Å². The Morgan fingerprint density at radius 2 is 1.83 bits per heavy atom. The molecule has 1 aliphatic carbocycles. The summed E-state index contributed by atoms with van der Waals surface area (Å²) < 4.78 is 41.9. The molecular formula is C13H24F3NO. The van der Waals surface area contributed by atoms with Crippen molar-refractivity contribution in [3.63, 3.8) is 0 Å². The van der Waals surface area contributed by atoms with E-state index in [0.29, 0.717) is 6.04 Å². The monoisotopic (exact) mass is 267 g/mol. The van der Waals surface area contributed by atoms with Gasteiger partial charge in [-0.25, -0.2) is 0 Å². The number of nitrogens with one attached hydrogen (secondary N) is 1. The van der Waals surface area contributed by atoms with Crippen molar-refractivity contribution in [3.8, 4) is 0 Å². The van der Waals surface area contributed by atoms with Crippen LogP contribution in [0.25, 0.3) is 0 Å². The van der Waals surface area contributed by atoms with Crippen LogP contribution in [0.15, 0.2) is 0 Å². The summed E-state index contributed by atoms with van der Waals surface area (Å²) in [6, 6.07) is 0.376. The number of hydrogen-bond donors (Lipinski definition) is 1. The van der Waals surface area contributed by atoms with Gasteiger partial charge in [-0.2, -0.15) is 13.2 Å². The van der Waals surface area contributed by atoms with Crippen LogP contribution in [-0.2, 0) is 4.74 Å². The maximum atomic E-state index is 12.0. The quantitative estimate of drug-likeness (QED) is 0.711. The molecule has 0 unspecified atom stereocenters. The molecule has 0 spiro atoms. The van der Waals surface area contributed by atoms with Crippen LogP contribution < -0.4 is 5.32 Å². The van der Waals surface area contributed by atoms with Crippen molar-refractivity contribution in [2.24, 2.45) is 0 Å². The van der Waals surface area contributed by atoms with Gasteiger partial charge in [0.1, 0.15) is 0 Å². The van der Waals surface area contributed by atoms with E-state index in [0.717, 1.165) is 32.2 Å². The van der Waals surface area contributed by atoms with E-state index in [1.807, 2.05) is 0 Å². The first kappa shape index (κ1) is 15.8.